The van der Waals surface area contributed by atoms with E-state index in [2.05, 4.69) is 20.8 Å². The molecule has 4 saturated carbocycles. The quantitative estimate of drug-likeness (QED) is 0.728. The maximum absolute atomic E-state index is 12.2. The number of aliphatic hydroxyl groups excluding tert-OH is 1. The molecule has 0 aromatic rings. The van der Waals surface area contributed by atoms with E-state index in [1.165, 1.54) is 32.1 Å². The second kappa shape index (κ2) is 4.82. The molecule has 8 atom stereocenters. The molecule has 22 heavy (non-hydrogen) atoms. The minimum absolute atomic E-state index is 0.0733. The van der Waals surface area contributed by atoms with Crippen LogP contribution in [0.15, 0.2) is 0 Å². The Morgan fingerprint density at radius 1 is 0.909 bits per heavy atom. The molecule has 0 radical (unpaired) electrons. The summed E-state index contributed by atoms with van der Waals surface area (Å²) in [6.45, 7) is 7.05. The molecule has 0 aromatic heterocycles. The zero-order valence-corrected chi connectivity index (χ0v) is 14.5. The van der Waals surface area contributed by atoms with E-state index in [1.54, 1.807) is 0 Å². The standard InChI is InChI=1S/C20H32O2/c1-12-14-5-4-13-15-6-7-18(22)20(15,3)10-8-16(13)19(14,2)11-9-17(12)21/h12-16,18,22H,4-11H2,1-3H3. The van der Waals surface area contributed by atoms with Gasteiger partial charge in [0.15, 0.2) is 0 Å². The van der Waals surface area contributed by atoms with E-state index in [0.717, 1.165) is 37.0 Å². The van der Waals surface area contributed by atoms with Crippen molar-refractivity contribution >= 4 is 5.78 Å². The first-order chi connectivity index (χ1) is 10.4. The first-order valence-electron chi connectivity index (χ1n) is 9.58. The van der Waals surface area contributed by atoms with Gasteiger partial charge in [-0.1, -0.05) is 20.8 Å². The average Bonchev–Trinajstić information content (AvgIpc) is 2.79. The molecule has 0 bridgehead atoms. The number of aliphatic hydroxyl groups is 1. The molecule has 0 saturated heterocycles. The number of ketones is 1. The number of hydrogen-bond acceptors (Lipinski definition) is 2. The Morgan fingerprint density at radius 3 is 2.36 bits per heavy atom. The third-order valence-electron chi connectivity index (χ3n) is 8.91. The lowest BCUT2D eigenvalue weighted by molar-refractivity contribution is -0.152. The molecule has 0 heterocycles. The first kappa shape index (κ1) is 15.2. The summed E-state index contributed by atoms with van der Waals surface area (Å²) < 4.78 is 0. The average molecular weight is 304 g/mol. The summed E-state index contributed by atoms with van der Waals surface area (Å²) in [7, 11) is 0. The van der Waals surface area contributed by atoms with Crippen molar-refractivity contribution in [3.63, 3.8) is 0 Å². The van der Waals surface area contributed by atoms with Crippen molar-refractivity contribution in [2.45, 2.75) is 78.2 Å². The number of rotatable bonds is 0. The van der Waals surface area contributed by atoms with E-state index in [0.29, 0.717) is 17.1 Å². The highest BCUT2D eigenvalue weighted by Gasteiger charge is 2.60. The normalized spacial score (nSPS) is 57.9. The van der Waals surface area contributed by atoms with Crippen molar-refractivity contribution in [3.05, 3.63) is 0 Å². The van der Waals surface area contributed by atoms with Crippen LogP contribution in [0.1, 0.15) is 72.1 Å². The lowest BCUT2D eigenvalue weighted by atomic mass is 9.44. The smallest absolute Gasteiger partial charge is 0.136 e. The molecular weight excluding hydrogens is 272 g/mol. The number of carbonyl (C=O) groups excluding carboxylic acids is 1. The minimum atomic E-state index is -0.0733. The summed E-state index contributed by atoms with van der Waals surface area (Å²) in [5.74, 6) is 3.74. The van der Waals surface area contributed by atoms with Gasteiger partial charge >= 0.3 is 0 Å². The van der Waals surface area contributed by atoms with E-state index in [9.17, 15) is 9.90 Å². The van der Waals surface area contributed by atoms with Crippen molar-refractivity contribution < 1.29 is 9.90 Å². The Hall–Kier alpha value is -0.370. The SMILES string of the molecule is CC1C(=O)CCC2(C)C1CCC1C3CCC(O)C3(C)CCC12. The van der Waals surface area contributed by atoms with Crippen LogP contribution in [0, 0.1) is 40.4 Å². The predicted octanol–water partition coefficient (Wildman–Crippen LogP) is 4.21. The van der Waals surface area contributed by atoms with Gasteiger partial charge in [-0.15, -0.1) is 0 Å². The molecule has 2 heteroatoms. The zero-order chi connectivity index (χ0) is 15.7. The van der Waals surface area contributed by atoms with Crippen molar-refractivity contribution in [2.75, 3.05) is 0 Å². The van der Waals surface area contributed by atoms with Crippen LogP contribution in [0.3, 0.4) is 0 Å². The fourth-order valence-electron chi connectivity index (χ4n) is 7.49. The highest BCUT2D eigenvalue weighted by atomic mass is 16.3. The Labute approximate surface area is 135 Å². The van der Waals surface area contributed by atoms with Gasteiger partial charge in [0, 0.05) is 12.3 Å². The zero-order valence-electron chi connectivity index (χ0n) is 14.5. The van der Waals surface area contributed by atoms with E-state index >= 15 is 0 Å². The Balaban J connectivity index is 1.65. The van der Waals surface area contributed by atoms with Crippen LogP contribution in [0.4, 0.5) is 0 Å². The monoisotopic (exact) mass is 304 g/mol. The van der Waals surface area contributed by atoms with Crippen molar-refractivity contribution in [1.82, 2.24) is 0 Å². The number of Topliss-reactive ketones (excluding diaryl/α,β-unsaturated/α-hetero) is 1. The van der Waals surface area contributed by atoms with Crippen molar-refractivity contribution in [2.24, 2.45) is 40.4 Å². The summed E-state index contributed by atoms with van der Waals surface area (Å²) in [6, 6.07) is 0. The summed E-state index contributed by atoms with van der Waals surface area (Å²) in [4.78, 5) is 12.2. The third kappa shape index (κ3) is 1.79. The number of carbonyl (C=O) groups is 1. The van der Waals surface area contributed by atoms with Crippen LogP contribution >= 0.6 is 0 Å². The predicted molar refractivity (Wildman–Crippen MR) is 87.3 cm³/mol. The molecule has 4 aliphatic rings. The summed E-state index contributed by atoms with van der Waals surface area (Å²) in [5, 5.41) is 10.5. The van der Waals surface area contributed by atoms with E-state index in [4.69, 9.17) is 0 Å². The van der Waals surface area contributed by atoms with Crippen LogP contribution in [-0.2, 0) is 4.79 Å². The van der Waals surface area contributed by atoms with Gasteiger partial charge < -0.3 is 5.11 Å². The van der Waals surface area contributed by atoms with Crippen LogP contribution in [0.2, 0.25) is 0 Å². The van der Waals surface area contributed by atoms with Crippen LogP contribution in [0.5, 0.6) is 0 Å². The Morgan fingerprint density at radius 2 is 1.59 bits per heavy atom. The summed E-state index contributed by atoms with van der Waals surface area (Å²) >= 11 is 0. The number of hydrogen-bond donors (Lipinski definition) is 1. The molecule has 2 nitrogen and oxygen atoms in total. The third-order valence-corrected chi connectivity index (χ3v) is 8.91. The fourth-order valence-corrected chi connectivity index (χ4v) is 7.49. The fraction of sp³-hybridized carbons (Fsp3) is 0.950. The van der Waals surface area contributed by atoms with E-state index in [-0.39, 0.29) is 17.4 Å². The van der Waals surface area contributed by atoms with Gasteiger partial charge in [0.25, 0.3) is 0 Å². The molecule has 0 spiro atoms. The van der Waals surface area contributed by atoms with Gasteiger partial charge in [-0.2, -0.15) is 0 Å². The van der Waals surface area contributed by atoms with E-state index < -0.39 is 0 Å². The summed E-state index contributed by atoms with van der Waals surface area (Å²) in [5.41, 5.74) is 0.561. The molecule has 0 amide bonds. The molecule has 8 unspecified atom stereocenters. The topological polar surface area (TPSA) is 37.3 Å². The largest absolute Gasteiger partial charge is 0.393 e. The van der Waals surface area contributed by atoms with Crippen molar-refractivity contribution in [3.8, 4) is 0 Å². The van der Waals surface area contributed by atoms with Crippen LogP contribution in [0.25, 0.3) is 0 Å². The molecule has 4 aliphatic carbocycles. The molecule has 1 N–H and O–H groups in total. The molecule has 0 aromatic carbocycles. The minimum Gasteiger partial charge on any atom is -0.393 e. The highest BCUT2D eigenvalue weighted by Crippen LogP contribution is 2.66. The van der Waals surface area contributed by atoms with Gasteiger partial charge in [-0.3, -0.25) is 4.79 Å². The lowest BCUT2D eigenvalue weighted by Crippen LogP contribution is -2.55. The van der Waals surface area contributed by atoms with Crippen molar-refractivity contribution in [1.29, 1.82) is 0 Å². The van der Waals surface area contributed by atoms with Gasteiger partial charge in [-0.05, 0) is 79.4 Å². The Kier molecular flexibility index (Phi) is 3.32. The highest BCUT2D eigenvalue weighted by molar-refractivity contribution is 5.82. The molecule has 124 valence electrons. The van der Waals surface area contributed by atoms with Crippen LogP contribution in [-0.4, -0.2) is 17.0 Å². The van der Waals surface area contributed by atoms with Gasteiger partial charge in [0.1, 0.15) is 5.78 Å². The molecule has 4 rings (SSSR count). The maximum atomic E-state index is 12.2. The molecule has 4 fully saturated rings. The maximum Gasteiger partial charge on any atom is 0.136 e. The molecule has 0 aliphatic heterocycles. The number of fused-ring (bicyclic) bond motifs is 5. The lowest BCUT2D eigenvalue weighted by Gasteiger charge is -2.61. The van der Waals surface area contributed by atoms with Gasteiger partial charge in [0.05, 0.1) is 6.10 Å². The van der Waals surface area contributed by atoms with Gasteiger partial charge in [0.2, 0.25) is 0 Å². The first-order valence-corrected chi connectivity index (χ1v) is 9.58. The summed E-state index contributed by atoms with van der Waals surface area (Å²) in [6.07, 6.45) is 9.12. The second-order valence-corrected chi connectivity index (χ2v) is 9.46. The second-order valence-electron chi connectivity index (χ2n) is 9.46. The van der Waals surface area contributed by atoms with E-state index in [1.807, 2.05) is 0 Å². The van der Waals surface area contributed by atoms with Gasteiger partial charge in [-0.25, -0.2) is 0 Å². The Bertz CT molecular complexity index is 486. The molecular formula is C20H32O2. The van der Waals surface area contributed by atoms with Crippen LogP contribution < -0.4 is 0 Å².